The van der Waals surface area contributed by atoms with Crippen LogP contribution in [0, 0.1) is 11.6 Å². The second kappa shape index (κ2) is 5.76. The second-order valence-electron chi connectivity index (χ2n) is 3.75. The molecule has 2 rings (SSSR count). The van der Waals surface area contributed by atoms with Gasteiger partial charge in [-0.25, -0.2) is 13.6 Å². The molecule has 0 saturated heterocycles. The Morgan fingerprint density at radius 3 is 2.30 bits per heavy atom. The Kier molecular flexibility index (Phi) is 4.25. The van der Waals surface area contributed by atoms with Crippen molar-refractivity contribution in [3.8, 4) is 11.5 Å². The maximum absolute atomic E-state index is 13.7. The minimum absolute atomic E-state index is 0.0516. The van der Waals surface area contributed by atoms with E-state index in [1.165, 1.54) is 12.1 Å². The first kappa shape index (κ1) is 14.7. The van der Waals surface area contributed by atoms with Crippen molar-refractivity contribution in [3.63, 3.8) is 0 Å². The lowest BCUT2D eigenvalue weighted by Crippen LogP contribution is -2.01. The first-order valence-corrected chi connectivity index (χ1v) is 6.41. The van der Waals surface area contributed by atoms with Gasteiger partial charge in [0.2, 0.25) is 0 Å². The van der Waals surface area contributed by atoms with Crippen LogP contribution in [-0.2, 0) is 0 Å². The number of aromatic carboxylic acids is 1. The summed E-state index contributed by atoms with van der Waals surface area (Å²) in [5.41, 5.74) is -0.505. The average Bonchev–Trinajstić information content (AvgIpc) is 2.35. The van der Waals surface area contributed by atoms with E-state index >= 15 is 0 Å². The molecule has 0 bridgehead atoms. The van der Waals surface area contributed by atoms with E-state index < -0.39 is 28.9 Å². The second-order valence-corrected chi connectivity index (χ2v) is 5.07. The predicted molar refractivity (Wildman–Crippen MR) is 72.5 cm³/mol. The highest BCUT2D eigenvalue weighted by atomic mass is 79.9. The highest BCUT2D eigenvalue weighted by Crippen LogP contribution is 2.34. The molecular weight excluding hydrogens is 357 g/mol. The molecule has 0 aliphatic carbocycles. The number of hydrogen-bond acceptors (Lipinski definition) is 2. The van der Waals surface area contributed by atoms with Crippen molar-refractivity contribution in [2.24, 2.45) is 0 Å². The summed E-state index contributed by atoms with van der Waals surface area (Å²) < 4.78 is 33.1. The van der Waals surface area contributed by atoms with E-state index in [0.29, 0.717) is 16.6 Å². The van der Waals surface area contributed by atoms with E-state index in [4.69, 9.17) is 21.4 Å². The molecule has 0 spiro atoms. The minimum atomic E-state index is -1.43. The van der Waals surface area contributed by atoms with Gasteiger partial charge < -0.3 is 9.84 Å². The van der Waals surface area contributed by atoms with Gasteiger partial charge in [0.25, 0.3) is 0 Å². The van der Waals surface area contributed by atoms with Crippen molar-refractivity contribution in [2.75, 3.05) is 0 Å². The number of carbonyl (C=O) groups is 1. The lowest BCUT2D eigenvalue weighted by Gasteiger charge is -2.10. The SMILES string of the molecule is O=C(O)c1cc(F)c(Oc2ccc(Br)cc2Cl)c(F)c1. The van der Waals surface area contributed by atoms with Crippen LogP contribution < -0.4 is 4.74 Å². The van der Waals surface area contributed by atoms with Crippen molar-refractivity contribution in [1.29, 1.82) is 0 Å². The zero-order valence-electron chi connectivity index (χ0n) is 9.66. The Hall–Kier alpha value is -1.66. The van der Waals surface area contributed by atoms with Crippen molar-refractivity contribution >= 4 is 33.5 Å². The third-order valence-electron chi connectivity index (χ3n) is 2.35. The van der Waals surface area contributed by atoms with Crippen molar-refractivity contribution in [2.45, 2.75) is 0 Å². The van der Waals surface area contributed by atoms with Gasteiger partial charge in [0.15, 0.2) is 17.4 Å². The highest BCUT2D eigenvalue weighted by molar-refractivity contribution is 9.10. The molecule has 0 heterocycles. The van der Waals surface area contributed by atoms with Crippen LogP contribution in [0.5, 0.6) is 11.5 Å². The van der Waals surface area contributed by atoms with Gasteiger partial charge in [0, 0.05) is 4.47 Å². The Morgan fingerprint density at radius 2 is 1.80 bits per heavy atom. The van der Waals surface area contributed by atoms with Gasteiger partial charge in [-0.2, -0.15) is 0 Å². The fraction of sp³-hybridized carbons (Fsp3) is 0. The van der Waals surface area contributed by atoms with Gasteiger partial charge >= 0.3 is 5.97 Å². The largest absolute Gasteiger partial charge is 0.478 e. The van der Waals surface area contributed by atoms with Crippen LogP contribution in [0.4, 0.5) is 8.78 Å². The van der Waals surface area contributed by atoms with E-state index in [9.17, 15) is 13.6 Å². The summed E-state index contributed by atoms with van der Waals surface area (Å²) in [5, 5.41) is 8.84. The van der Waals surface area contributed by atoms with Crippen LogP contribution in [-0.4, -0.2) is 11.1 Å². The molecule has 2 aromatic carbocycles. The fourth-order valence-corrected chi connectivity index (χ4v) is 2.16. The molecule has 104 valence electrons. The first-order valence-electron chi connectivity index (χ1n) is 5.23. The lowest BCUT2D eigenvalue weighted by molar-refractivity contribution is 0.0695. The first-order chi connectivity index (χ1) is 9.38. The van der Waals surface area contributed by atoms with E-state index in [1.54, 1.807) is 6.07 Å². The predicted octanol–water partition coefficient (Wildman–Crippen LogP) is 4.87. The van der Waals surface area contributed by atoms with Gasteiger partial charge in [-0.15, -0.1) is 0 Å². The maximum atomic E-state index is 13.7. The number of hydrogen-bond donors (Lipinski definition) is 1. The summed E-state index contributed by atoms with van der Waals surface area (Å²) >= 11 is 9.05. The molecule has 0 atom stereocenters. The van der Waals surface area contributed by atoms with Crippen molar-refractivity contribution in [1.82, 2.24) is 0 Å². The van der Waals surface area contributed by atoms with Gasteiger partial charge in [-0.05, 0) is 30.3 Å². The quantitative estimate of drug-likeness (QED) is 0.846. The van der Waals surface area contributed by atoms with E-state index in [-0.39, 0.29) is 10.8 Å². The topological polar surface area (TPSA) is 46.5 Å². The number of halogens is 4. The third-order valence-corrected chi connectivity index (χ3v) is 3.14. The molecule has 0 aliphatic heterocycles. The molecule has 0 saturated carbocycles. The van der Waals surface area contributed by atoms with Gasteiger partial charge in [0.05, 0.1) is 10.6 Å². The molecule has 0 amide bonds. The Morgan fingerprint density at radius 1 is 1.20 bits per heavy atom. The molecule has 0 unspecified atom stereocenters. The minimum Gasteiger partial charge on any atom is -0.478 e. The number of rotatable bonds is 3. The van der Waals surface area contributed by atoms with Crippen LogP contribution in [0.15, 0.2) is 34.8 Å². The standard InChI is InChI=1S/C13H6BrClF2O3/c14-7-1-2-11(8(15)5-7)20-12-9(16)3-6(13(18)19)4-10(12)17/h1-5H,(H,18,19). The van der Waals surface area contributed by atoms with Gasteiger partial charge in [0.1, 0.15) is 5.75 Å². The maximum Gasteiger partial charge on any atom is 0.335 e. The summed E-state index contributed by atoms with van der Waals surface area (Å²) in [4.78, 5) is 10.7. The zero-order valence-corrected chi connectivity index (χ0v) is 12.0. The summed E-state index contributed by atoms with van der Waals surface area (Å²) in [7, 11) is 0. The third kappa shape index (κ3) is 3.08. The van der Waals surface area contributed by atoms with Crippen LogP contribution >= 0.6 is 27.5 Å². The summed E-state index contributed by atoms with van der Waals surface area (Å²) in [6, 6.07) is 5.86. The molecule has 1 N–H and O–H groups in total. The highest BCUT2D eigenvalue weighted by Gasteiger charge is 2.17. The number of carboxylic acids is 1. The normalized spacial score (nSPS) is 10.4. The molecule has 0 aromatic heterocycles. The monoisotopic (exact) mass is 362 g/mol. The molecule has 2 aromatic rings. The van der Waals surface area contributed by atoms with Crippen LogP contribution in [0.2, 0.25) is 5.02 Å². The van der Waals surface area contributed by atoms with E-state index in [0.717, 1.165) is 0 Å². The number of ether oxygens (including phenoxy) is 1. The van der Waals surface area contributed by atoms with Crippen molar-refractivity contribution < 1.29 is 23.4 Å². The van der Waals surface area contributed by atoms with E-state index in [2.05, 4.69) is 15.9 Å². The van der Waals surface area contributed by atoms with E-state index in [1.807, 2.05) is 0 Å². The Balaban J connectivity index is 2.41. The molecular formula is C13H6BrClF2O3. The summed E-state index contributed by atoms with van der Waals surface area (Å²) in [6.45, 7) is 0. The van der Waals surface area contributed by atoms with Crippen molar-refractivity contribution in [3.05, 3.63) is 57.0 Å². The molecule has 0 fully saturated rings. The lowest BCUT2D eigenvalue weighted by atomic mass is 10.2. The molecule has 3 nitrogen and oxygen atoms in total. The van der Waals surface area contributed by atoms with Gasteiger partial charge in [-0.3, -0.25) is 0 Å². The van der Waals surface area contributed by atoms with Crippen LogP contribution in [0.3, 0.4) is 0 Å². The Labute approximate surface area is 125 Å². The molecule has 20 heavy (non-hydrogen) atoms. The average molecular weight is 364 g/mol. The molecule has 7 heteroatoms. The smallest absolute Gasteiger partial charge is 0.335 e. The fourth-order valence-electron chi connectivity index (χ4n) is 1.45. The zero-order chi connectivity index (χ0) is 14.9. The summed E-state index contributed by atoms with van der Waals surface area (Å²) in [5.74, 6) is -4.34. The number of benzene rings is 2. The van der Waals surface area contributed by atoms with Crippen LogP contribution in [0.1, 0.15) is 10.4 Å². The molecule has 0 radical (unpaired) electrons. The molecule has 0 aliphatic rings. The Bertz CT molecular complexity index is 668. The number of carboxylic acid groups (broad SMARTS) is 1. The van der Waals surface area contributed by atoms with Gasteiger partial charge in [-0.1, -0.05) is 27.5 Å². The van der Waals surface area contributed by atoms with Crippen LogP contribution in [0.25, 0.3) is 0 Å². The summed E-state index contributed by atoms with van der Waals surface area (Å²) in [6.07, 6.45) is 0.